The summed E-state index contributed by atoms with van der Waals surface area (Å²) in [7, 11) is 1.34. The van der Waals surface area contributed by atoms with Gasteiger partial charge in [-0.25, -0.2) is 4.79 Å². The van der Waals surface area contributed by atoms with Crippen LogP contribution in [0.5, 0.6) is 6.01 Å². The first-order valence-electron chi connectivity index (χ1n) is 14.5. The number of nitrogens with two attached hydrogens (primary N) is 1. The third-order valence-electron chi connectivity index (χ3n) is 7.48. The average Bonchev–Trinajstić information content (AvgIpc) is 3.58. The lowest BCUT2D eigenvalue weighted by Crippen LogP contribution is -2.44. The van der Waals surface area contributed by atoms with Crippen molar-refractivity contribution in [3.63, 3.8) is 0 Å². The number of hydrogen-bond acceptors (Lipinski definition) is 10. The first-order valence-corrected chi connectivity index (χ1v) is 14.5. The van der Waals surface area contributed by atoms with E-state index in [9.17, 15) is 24.3 Å². The van der Waals surface area contributed by atoms with Crippen molar-refractivity contribution < 1.29 is 29.0 Å². The normalized spacial score (nSPS) is 15.1. The molecule has 43 heavy (non-hydrogen) atoms. The summed E-state index contributed by atoms with van der Waals surface area (Å²) in [5, 5.41) is 9.57. The summed E-state index contributed by atoms with van der Waals surface area (Å²) < 4.78 is 11.8. The number of hydrogen-bond donors (Lipinski definition) is 3. The minimum atomic E-state index is -0.934. The number of nitrogen functional groups attached to an aromatic ring is 1. The molecule has 1 amide bonds. The van der Waals surface area contributed by atoms with Crippen molar-refractivity contribution in [1.82, 2.24) is 29.3 Å². The predicted molar refractivity (Wildman–Crippen MR) is 157 cm³/mol. The highest BCUT2D eigenvalue weighted by atomic mass is 16.5. The summed E-state index contributed by atoms with van der Waals surface area (Å²) in [6.07, 6.45) is 3.53. The molecule has 1 fully saturated rings. The van der Waals surface area contributed by atoms with Crippen molar-refractivity contribution in [2.24, 2.45) is 0 Å². The van der Waals surface area contributed by atoms with Gasteiger partial charge in [0, 0.05) is 19.6 Å². The number of rotatable bonds is 15. The van der Waals surface area contributed by atoms with E-state index in [4.69, 9.17) is 15.2 Å². The standard InChI is InChI=1S/C29H39N7O7/c1-3-4-15-43-28-32-25(30)24-26(33-28)36(29(41)31-24)14-6-13-35(22(37)18-34-12-5-7-21(34)27(39)40)17-20-10-8-19(9-11-20)16-23(38)42-2/h8-11,21H,3-7,12-18H2,1-2H3,(H,31,41)(H,39,40)(H2,30,32,33)/t21-/m1/s1. The number of esters is 1. The van der Waals surface area contributed by atoms with Gasteiger partial charge in [-0.3, -0.25) is 23.9 Å². The number of aliphatic carboxylic acids is 1. The fourth-order valence-corrected chi connectivity index (χ4v) is 5.11. The molecule has 3 aromatic rings. The molecular formula is C29H39N7O7. The Balaban J connectivity index is 1.49. The maximum atomic E-state index is 13.5. The number of carboxylic acids is 1. The summed E-state index contributed by atoms with van der Waals surface area (Å²) in [4.78, 5) is 64.2. The molecule has 0 spiro atoms. The number of aromatic amines is 1. The largest absolute Gasteiger partial charge is 0.480 e. The smallest absolute Gasteiger partial charge is 0.327 e. The molecule has 0 saturated carbocycles. The molecule has 0 radical (unpaired) electrons. The van der Waals surface area contributed by atoms with Crippen LogP contribution in [0, 0.1) is 0 Å². The van der Waals surface area contributed by atoms with E-state index in [1.807, 2.05) is 31.2 Å². The lowest BCUT2D eigenvalue weighted by molar-refractivity contribution is -0.143. The third kappa shape index (κ3) is 8.09. The number of imidazole rings is 1. The number of nitrogens with one attached hydrogen (secondary N) is 1. The summed E-state index contributed by atoms with van der Waals surface area (Å²) in [6, 6.07) is 6.72. The number of carbonyl (C=O) groups is 3. The van der Waals surface area contributed by atoms with Crippen LogP contribution in [-0.2, 0) is 38.6 Å². The van der Waals surface area contributed by atoms with Crippen molar-refractivity contribution in [3.8, 4) is 6.01 Å². The van der Waals surface area contributed by atoms with Crippen LogP contribution in [-0.4, -0.2) is 91.7 Å². The van der Waals surface area contributed by atoms with Crippen LogP contribution in [0.15, 0.2) is 29.1 Å². The first-order chi connectivity index (χ1) is 20.7. The molecule has 14 nitrogen and oxygen atoms in total. The molecule has 1 aromatic carbocycles. The number of aryl methyl sites for hydroxylation is 1. The number of amides is 1. The van der Waals surface area contributed by atoms with Gasteiger partial charge in [-0.05, 0) is 43.4 Å². The van der Waals surface area contributed by atoms with Crippen LogP contribution in [0.25, 0.3) is 11.2 Å². The molecule has 0 bridgehead atoms. The zero-order valence-corrected chi connectivity index (χ0v) is 24.6. The zero-order valence-electron chi connectivity index (χ0n) is 24.6. The Bertz CT molecular complexity index is 1480. The maximum absolute atomic E-state index is 13.5. The SMILES string of the molecule is CCCCOc1nc(N)c2[nH]c(=O)n(CCCN(Cc3ccc(CC(=O)OC)cc3)C(=O)CN3CCC[C@@H]3C(=O)O)c2n1. The van der Waals surface area contributed by atoms with Gasteiger partial charge >= 0.3 is 23.6 Å². The highest BCUT2D eigenvalue weighted by molar-refractivity contribution is 5.82. The van der Waals surface area contributed by atoms with Crippen molar-refractivity contribution >= 4 is 34.8 Å². The number of benzene rings is 1. The second-order valence-corrected chi connectivity index (χ2v) is 10.6. The minimum Gasteiger partial charge on any atom is -0.480 e. The Morgan fingerprint density at radius 1 is 1.16 bits per heavy atom. The number of carboxylic acid groups (broad SMARTS) is 1. The van der Waals surface area contributed by atoms with Crippen molar-refractivity contribution in [1.29, 1.82) is 0 Å². The van der Waals surface area contributed by atoms with Crippen LogP contribution < -0.4 is 16.2 Å². The number of likely N-dealkylation sites (tertiary alicyclic amines) is 1. The van der Waals surface area contributed by atoms with Gasteiger partial charge < -0.3 is 30.2 Å². The fourth-order valence-electron chi connectivity index (χ4n) is 5.11. The van der Waals surface area contributed by atoms with Crippen molar-refractivity contribution in [2.75, 3.05) is 39.1 Å². The van der Waals surface area contributed by atoms with E-state index in [1.165, 1.54) is 11.7 Å². The Morgan fingerprint density at radius 2 is 1.91 bits per heavy atom. The molecular weight excluding hydrogens is 558 g/mol. The number of aromatic nitrogens is 4. The number of ether oxygens (including phenoxy) is 2. The van der Waals surface area contributed by atoms with E-state index >= 15 is 0 Å². The first kappa shape index (κ1) is 31.5. The molecule has 1 aliphatic heterocycles. The average molecular weight is 598 g/mol. The highest BCUT2D eigenvalue weighted by Gasteiger charge is 2.32. The topological polar surface area (TPSA) is 186 Å². The van der Waals surface area contributed by atoms with Crippen LogP contribution in [0.3, 0.4) is 0 Å². The molecule has 2 aromatic heterocycles. The van der Waals surface area contributed by atoms with Gasteiger partial charge in [0.25, 0.3) is 0 Å². The minimum absolute atomic E-state index is 0.0212. The quantitative estimate of drug-likeness (QED) is 0.170. The molecule has 1 saturated heterocycles. The number of anilines is 1. The van der Waals surface area contributed by atoms with Crippen LogP contribution in [0.4, 0.5) is 5.82 Å². The summed E-state index contributed by atoms with van der Waals surface area (Å²) in [5.74, 6) is -1.38. The third-order valence-corrected chi connectivity index (χ3v) is 7.48. The van der Waals surface area contributed by atoms with Crippen LogP contribution >= 0.6 is 0 Å². The van der Waals surface area contributed by atoms with Crippen molar-refractivity contribution in [3.05, 3.63) is 45.9 Å². The highest BCUT2D eigenvalue weighted by Crippen LogP contribution is 2.20. The molecule has 0 aliphatic carbocycles. The van der Waals surface area contributed by atoms with Gasteiger partial charge in [0.1, 0.15) is 11.6 Å². The number of nitrogens with zero attached hydrogens (tertiary/aromatic N) is 5. The van der Waals surface area contributed by atoms with E-state index in [1.54, 1.807) is 9.80 Å². The monoisotopic (exact) mass is 597 g/mol. The lowest BCUT2D eigenvalue weighted by Gasteiger charge is -2.27. The number of methoxy groups -OCH3 is 1. The molecule has 0 unspecified atom stereocenters. The molecule has 232 valence electrons. The number of fused-ring (bicyclic) bond motifs is 1. The van der Waals surface area contributed by atoms with Gasteiger partial charge in [0.2, 0.25) is 5.91 Å². The fraction of sp³-hybridized carbons (Fsp3) is 0.517. The molecule has 3 heterocycles. The number of unbranched alkanes of at least 4 members (excludes halogenated alkanes) is 1. The van der Waals surface area contributed by atoms with Crippen molar-refractivity contribution in [2.45, 2.75) is 64.6 Å². The molecule has 1 aliphatic rings. The van der Waals surface area contributed by atoms with E-state index < -0.39 is 17.7 Å². The molecule has 1 atom stereocenters. The maximum Gasteiger partial charge on any atom is 0.327 e. The van der Waals surface area contributed by atoms with E-state index in [2.05, 4.69) is 15.0 Å². The molecule has 4 N–H and O–H groups in total. The summed E-state index contributed by atoms with van der Waals surface area (Å²) in [6.45, 7) is 3.79. The summed E-state index contributed by atoms with van der Waals surface area (Å²) >= 11 is 0. The molecule has 4 rings (SSSR count). The van der Waals surface area contributed by atoms with E-state index in [-0.39, 0.29) is 49.8 Å². The van der Waals surface area contributed by atoms with Gasteiger partial charge in [-0.2, -0.15) is 9.97 Å². The Kier molecular flexibility index (Phi) is 10.7. The van der Waals surface area contributed by atoms with Gasteiger partial charge in [0.05, 0.1) is 26.7 Å². The Labute approximate surface area is 248 Å². The van der Waals surface area contributed by atoms with E-state index in [0.29, 0.717) is 50.1 Å². The predicted octanol–water partition coefficient (Wildman–Crippen LogP) is 1.56. The second-order valence-electron chi connectivity index (χ2n) is 10.6. The summed E-state index contributed by atoms with van der Waals surface area (Å²) in [5.41, 5.74) is 7.93. The number of carbonyl (C=O) groups excluding carboxylic acids is 2. The van der Waals surface area contributed by atoms with Gasteiger partial charge in [-0.1, -0.05) is 37.6 Å². The zero-order chi connectivity index (χ0) is 30.9. The van der Waals surface area contributed by atoms with Crippen LogP contribution in [0.2, 0.25) is 0 Å². The Morgan fingerprint density at radius 3 is 2.60 bits per heavy atom. The van der Waals surface area contributed by atoms with Gasteiger partial charge in [-0.15, -0.1) is 0 Å². The van der Waals surface area contributed by atoms with Gasteiger partial charge in [0.15, 0.2) is 11.5 Å². The number of H-pyrrole nitrogens is 1. The lowest BCUT2D eigenvalue weighted by atomic mass is 10.1. The second kappa shape index (κ2) is 14.6. The van der Waals surface area contributed by atoms with Crippen LogP contribution in [0.1, 0.15) is 50.2 Å². The molecule has 14 heteroatoms. The van der Waals surface area contributed by atoms with E-state index in [0.717, 1.165) is 24.0 Å². The Hall–Kier alpha value is -4.46.